The molecule has 234 valence electrons. The second kappa shape index (κ2) is 12.5. The summed E-state index contributed by atoms with van der Waals surface area (Å²) in [7, 11) is 2.12. The van der Waals surface area contributed by atoms with E-state index in [9.17, 15) is 24.3 Å². The number of nitrogens with two attached hydrogens (primary N) is 1. The number of pyridine rings is 1. The van der Waals surface area contributed by atoms with Crippen molar-refractivity contribution in [2.75, 3.05) is 43.9 Å². The number of aromatic amines is 1. The molecule has 1 aromatic heterocycles. The molecule has 0 radical (unpaired) electrons. The lowest BCUT2D eigenvalue weighted by molar-refractivity contribution is -0.161. The van der Waals surface area contributed by atoms with Gasteiger partial charge in [0.2, 0.25) is 5.91 Å². The summed E-state index contributed by atoms with van der Waals surface area (Å²) in [6.07, 6.45) is 0. The van der Waals surface area contributed by atoms with E-state index in [0.29, 0.717) is 28.1 Å². The summed E-state index contributed by atoms with van der Waals surface area (Å²) >= 11 is 1.39. The Bertz CT molecular complexity index is 1700. The number of thioether (sulfide) groups is 1. The number of carboxylic acid groups (broad SMARTS) is 1. The summed E-state index contributed by atoms with van der Waals surface area (Å²) < 4.78 is 0. The van der Waals surface area contributed by atoms with Gasteiger partial charge in [0.1, 0.15) is 23.2 Å². The van der Waals surface area contributed by atoms with Crippen LogP contribution in [0.3, 0.4) is 0 Å². The Hall–Kier alpha value is -4.39. The maximum atomic E-state index is 13.9. The highest BCUT2D eigenvalue weighted by atomic mass is 32.2. The minimum atomic E-state index is -1.19. The molecule has 45 heavy (non-hydrogen) atoms. The second-order valence-corrected chi connectivity index (χ2v) is 12.8. The lowest BCUT2D eigenvalue weighted by Crippen LogP contribution is -2.71. The van der Waals surface area contributed by atoms with Gasteiger partial charge in [-0.2, -0.15) is 0 Å². The maximum Gasteiger partial charge on any atom is 0.352 e. The molecule has 0 unspecified atom stereocenters. The van der Waals surface area contributed by atoms with E-state index >= 15 is 0 Å². The average molecular weight is 629 g/mol. The van der Waals surface area contributed by atoms with Gasteiger partial charge in [0.25, 0.3) is 11.5 Å². The number of aliphatic carboxylic acids is 1. The molecule has 2 amide bonds. The summed E-state index contributed by atoms with van der Waals surface area (Å²) in [5.41, 5.74) is 10.0. The molecule has 2 aromatic carbocycles. The Morgan fingerprint density at radius 2 is 1.71 bits per heavy atom. The zero-order chi connectivity index (χ0) is 31.8. The Morgan fingerprint density at radius 3 is 2.36 bits per heavy atom. The summed E-state index contributed by atoms with van der Waals surface area (Å²) in [5, 5.41) is 9.19. The number of carboxylic acids is 1. The fraction of sp³-hybridized carbons (Fsp3) is 0.333. The highest BCUT2D eigenvalue weighted by Gasteiger charge is 2.57. The number of β-lactam (4-membered cyclic amide) rings is 1. The molecule has 3 aromatic rings. The van der Waals surface area contributed by atoms with E-state index in [4.69, 9.17) is 5.73 Å². The Kier molecular flexibility index (Phi) is 8.54. The van der Waals surface area contributed by atoms with E-state index in [0.717, 1.165) is 37.4 Å². The van der Waals surface area contributed by atoms with Crippen LogP contribution in [0.2, 0.25) is 0 Å². The van der Waals surface area contributed by atoms with E-state index in [1.807, 2.05) is 18.2 Å². The number of hydrogen-bond donors (Lipinski definition) is 3. The van der Waals surface area contributed by atoms with E-state index in [-0.39, 0.29) is 17.8 Å². The zero-order valence-electron chi connectivity index (χ0n) is 25.2. The van der Waals surface area contributed by atoms with Gasteiger partial charge in [-0.25, -0.2) is 4.79 Å². The van der Waals surface area contributed by atoms with Crippen LogP contribution in [0.4, 0.5) is 5.69 Å². The fourth-order valence-corrected chi connectivity index (χ4v) is 7.46. The Morgan fingerprint density at radius 1 is 1.02 bits per heavy atom. The van der Waals surface area contributed by atoms with Crippen LogP contribution in [0.5, 0.6) is 0 Å². The first-order valence-electron chi connectivity index (χ1n) is 14.9. The molecular weight excluding hydrogens is 592 g/mol. The summed E-state index contributed by atoms with van der Waals surface area (Å²) in [6.45, 7) is 5.45. The van der Waals surface area contributed by atoms with Gasteiger partial charge in [-0.1, -0.05) is 42.5 Å². The van der Waals surface area contributed by atoms with Gasteiger partial charge < -0.3 is 30.5 Å². The molecule has 3 aliphatic rings. The van der Waals surface area contributed by atoms with Gasteiger partial charge >= 0.3 is 5.97 Å². The van der Waals surface area contributed by atoms with Crippen molar-refractivity contribution in [3.8, 4) is 11.3 Å². The van der Waals surface area contributed by atoms with Gasteiger partial charge in [0, 0.05) is 48.9 Å². The minimum Gasteiger partial charge on any atom is -0.477 e. The molecule has 3 aliphatic heterocycles. The van der Waals surface area contributed by atoms with Crippen molar-refractivity contribution in [2.45, 2.75) is 30.9 Å². The zero-order valence-corrected chi connectivity index (χ0v) is 26.0. The number of carbonyl (C=O) groups excluding carboxylic acids is 2. The number of H-pyrrole nitrogens is 1. The van der Waals surface area contributed by atoms with Crippen LogP contribution in [0.25, 0.3) is 11.3 Å². The number of fused-ring (bicyclic) bond motifs is 1. The highest BCUT2D eigenvalue weighted by Crippen LogP contribution is 2.43. The first kappa shape index (κ1) is 30.6. The van der Waals surface area contributed by atoms with Crippen molar-refractivity contribution >= 4 is 35.2 Å². The van der Waals surface area contributed by atoms with Crippen molar-refractivity contribution in [3.63, 3.8) is 0 Å². The number of nitrogens with zero attached hydrogens (tertiary/aromatic N) is 4. The molecule has 6 rings (SSSR count). The number of aromatic nitrogens is 1. The minimum absolute atomic E-state index is 0.0550. The van der Waals surface area contributed by atoms with E-state index in [1.54, 1.807) is 43.3 Å². The summed E-state index contributed by atoms with van der Waals surface area (Å²) in [4.78, 5) is 63.0. The number of anilines is 1. The average Bonchev–Trinajstić information content (AvgIpc) is 3.05. The number of amides is 2. The number of piperazine rings is 1. The van der Waals surface area contributed by atoms with Crippen LogP contribution in [0.15, 0.2) is 82.8 Å². The molecular formula is C33H36N6O5S. The molecule has 3 atom stereocenters. The molecule has 2 fully saturated rings. The number of benzene rings is 2. The largest absolute Gasteiger partial charge is 0.477 e. The molecule has 0 bridgehead atoms. The predicted octanol–water partition coefficient (Wildman–Crippen LogP) is 2.46. The van der Waals surface area contributed by atoms with E-state index in [2.05, 4.69) is 34.0 Å². The van der Waals surface area contributed by atoms with Crippen LogP contribution in [0.1, 0.15) is 24.1 Å². The van der Waals surface area contributed by atoms with Crippen LogP contribution >= 0.6 is 11.8 Å². The van der Waals surface area contributed by atoms with Crippen molar-refractivity contribution in [3.05, 3.63) is 99.5 Å². The quantitative estimate of drug-likeness (QED) is 0.321. The lowest BCUT2D eigenvalue weighted by Gasteiger charge is -2.53. The molecule has 0 spiro atoms. The molecule has 11 nitrogen and oxygen atoms in total. The number of likely N-dealkylation sites (N-methyl/N-ethyl adjacent to an activating group) is 1. The molecule has 0 aliphatic carbocycles. The van der Waals surface area contributed by atoms with Crippen LogP contribution in [0, 0.1) is 0 Å². The van der Waals surface area contributed by atoms with Crippen molar-refractivity contribution in [1.82, 2.24) is 19.7 Å². The molecule has 2 saturated heterocycles. The van der Waals surface area contributed by atoms with Gasteiger partial charge in [-0.3, -0.25) is 19.3 Å². The van der Waals surface area contributed by atoms with Gasteiger partial charge in [0.05, 0.1) is 6.54 Å². The van der Waals surface area contributed by atoms with Gasteiger partial charge in [-0.15, -0.1) is 11.8 Å². The Labute approximate surface area is 265 Å². The predicted molar refractivity (Wildman–Crippen MR) is 173 cm³/mol. The molecule has 0 saturated carbocycles. The number of nitrogens with one attached hydrogen (secondary N) is 1. The standard InChI is InChI=1S/C33H36N6O5S/c1-20-19-45-32-28(31(42)39(32)27(20)33(43)44)38(30(41)26(34)22-6-4-3-5-7-22)18-23-10-13-25(35-29(23)40)21-8-11-24(12-9-21)37-16-14-36(2)15-17-37/h3-13,26,28,32H,14-19,34H2,1-2H3,(H,35,40)(H,43,44)/t26-,28-,32-/m1/s1. The van der Waals surface area contributed by atoms with E-state index < -0.39 is 35.2 Å². The topological polar surface area (TPSA) is 143 Å². The Balaban J connectivity index is 1.26. The summed E-state index contributed by atoms with van der Waals surface area (Å²) in [5.74, 6) is -1.81. The normalized spacial score (nSPS) is 20.8. The van der Waals surface area contributed by atoms with E-state index in [1.165, 1.54) is 21.6 Å². The smallest absolute Gasteiger partial charge is 0.352 e. The van der Waals surface area contributed by atoms with Crippen molar-refractivity contribution < 1.29 is 19.5 Å². The SMILES string of the molecule is CC1=C(C(=O)O)N2C(=O)[C@@H](N(Cc3ccc(-c4ccc(N5CCN(C)CC5)cc4)[nH]c3=O)C(=O)[C@H](N)c3ccccc3)[C@H]2SC1. The maximum absolute atomic E-state index is 13.9. The van der Waals surface area contributed by atoms with Crippen LogP contribution < -0.4 is 16.2 Å². The third kappa shape index (κ3) is 5.88. The first-order chi connectivity index (χ1) is 21.6. The third-order valence-electron chi connectivity index (χ3n) is 8.76. The second-order valence-electron chi connectivity index (χ2n) is 11.7. The van der Waals surface area contributed by atoms with Crippen LogP contribution in [-0.2, 0) is 20.9 Å². The number of rotatable bonds is 8. The monoisotopic (exact) mass is 628 g/mol. The number of carbonyl (C=O) groups is 3. The fourth-order valence-electron chi connectivity index (χ4n) is 6.10. The number of hydrogen-bond acceptors (Lipinski definition) is 8. The summed E-state index contributed by atoms with van der Waals surface area (Å²) in [6, 6.07) is 18.3. The van der Waals surface area contributed by atoms with Crippen molar-refractivity contribution in [1.29, 1.82) is 0 Å². The van der Waals surface area contributed by atoms with Crippen LogP contribution in [-0.4, -0.2) is 93.0 Å². The van der Waals surface area contributed by atoms with Crippen molar-refractivity contribution in [2.24, 2.45) is 5.73 Å². The molecule has 12 heteroatoms. The molecule has 4 N–H and O–H groups in total. The first-order valence-corrected chi connectivity index (χ1v) is 15.9. The lowest BCUT2D eigenvalue weighted by atomic mass is 9.98. The third-order valence-corrected chi connectivity index (χ3v) is 10.2. The van der Waals surface area contributed by atoms with Gasteiger partial charge in [-0.05, 0) is 54.9 Å². The highest BCUT2D eigenvalue weighted by molar-refractivity contribution is 8.00. The molecule has 4 heterocycles. The van der Waals surface area contributed by atoms with Gasteiger partial charge in [0.15, 0.2) is 0 Å².